The van der Waals surface area contributed by atoms with Crippen molar-refractivity contribution < 1.29 is 9.53 Å². The second-order valence-corrected chi connectivity index (χ2v) is 9.47. The Morgan fingerprint density at radius 3 is 2.07 bits per heavy atom. The van der Waals surface area contributed by atoms with Crippen LogP contribution >= 0.6 is 8.58 Å². The predicted molar refractivity (Wildman–Crippen MR) is 126 cm³/mol. The molecule has 0 aliphatic heterocycles. The molecule has 0 aromatic heterocycles. The standard InChI is InChI=1S/C24H33O2P.Li.H/c1-7-8-9-14-26-21-15-17(2)22(18(3)16-21)27-23(25)19-10-12-20(13-11-19)24(4,5)6;;/h10-13,15-16,27H,7-9,14H2,1-6H3;;. The van der Waals surface area contributed by atoms with Crippen LogP contribution in [-0.2, 0) is 5.41 Å². The molecule has 1 unspecified atom stereocenters. The Balaban J connectivity index is 0.00000392. The number of carbonyl (C=O) groups excluding carboxylic acids is 1. The van der Waals surface area contributed by atoms with E-state index in [4.69, 9.17) is 4.74 Å². The molecule has 1 atom stereocenters. The molecule has 0 radical (unpaired) electrons. The third-order valence-electron chi connectivity index (χ3n) is 4.77. The molecule has 2 aromatic rings. The van der Waals surface area contributed by atoms with Crippen molar-refractivity contribution in [3.05, 3.63) is 58.7 Å². The van der Waals surface area contributed by atoms with E-state index in [-0.39, 0.29) is 38.4 Å². The molecule has 0 saturated carbocycles. The van der Waals surface area contributed by atoms with E-state index in [1.807, 2.05) is 12.1 Å². The van der Waals surface area contributed by atoms with Gasteiger partial charge in [0, 0.05) is 5.56 Å². The SMILES string of the molecule is CCCCCOc1cc(C)c(PC(=O)c2ccc(C(C)(C)C)cc2)c(C)c1.[LiH]. The van der Waals surface area contributed by atoms with Crippen LogP contribution in [0.15, 0.2) is 36.4 Å². The fraction of sp³-hybridized carbons (Fsp3) is 0.458. The van der Waals surface area contributed by atoms with Crippen LogP contribution in [0, 0.1) is 13.8 Å². The van der Waals surface area contributed by atoms with Crippen LogP contribution in [-0.4, -0.2) is 31.0 Å². The molecule has 148 valence electrons. The van der Waals surface area contributed by atoms with E-state index in [1.54, 1.807) is 0 Å². The summed E-state index contributed by atoms with van der Waals surface area (Å²) in [6.45, 7) is 13.7. The summed E-state index contributed by atoms with van der Waals surface area (Å²) in [5, 5.41) is 1.14. The Labute approximate surface area is 184 Å². The quantitative estimate of drug-likeness (QED) is 0.329. The zero-order valence-electron chi connectivity index (χ0n) is 17.6. The minimum atomic E-state index is 0. The zero-order chi connectivity index (χ0) is 20.0. The topological polar surface area (TPSA) is 26.3 Å². The monoisotopic (exact) mass is 392 g/mol. The summed E-state index contributed by atoms with van der Waals surface area (Å²) < 4.78 is 5.88. The van der Waals surface area contributed by atoms with E-state index in [1.165, 1.54) is 18.4 Å². The first kappa shape index (κ1) is 25.0. The number of hydrogen-bond acceptors (Lipinski definition) is 2. The van der Waals surface area contributed by atoms with Gasteiger partial charge in [0.05, 0.1) is 6.61 Å². The van der Waals surface area contributed by atoms with Crippen LogP contribution < -0.4 is 10.0 Å². The van der Waals surface area contributed by atoms with E-state index in [0.717, 1.165) is 40.8 Å². The Kier molecular flexibility index (Phi) is 10.00. The Bertz CT molecular complexity index is 753. The van der Waals surface area contributed by atoms with Crippen LogP contribution in [0.3, 0.4) is 0 Å². The third kappa shape index (κ3) is 7.08. The fourth-order valence-electron chi connectivity index (χ4n) is 3.05. The summed E-state index contributed by atoms with van der Waals surface area (Å²) in [5.41, 5.74) is 4.61. The van der Waals surface area contributed by atoms with Crippen molar-refractivity contribution >= 4 is 38.3 Å². The van der Waals surface area contributed by atoms with Crippen LogP contribution in [0.2, 0.25) is 0 Å². The molecule has 0 N–H and O–H groups in total. The van der Waals surface area contributed by atoms with E-state index in [0.29, 0.717) is 0 Å². The number of rotatable bonds is 8. The van der Waals surface area contributed by atoms with Crippen LogP contribution in [0.4, 0.5) is 0 Å². The van der Waals surface area contributed by atoms with E-state index < -0.39 is 0 Å². The van der Waals surface area contributed by atoms with Crippen molar-refractivity contribution in [3.63, 3.8) is 0 Å². The summed E-state index contributed by atoms with van der Waals surface area (Å²) in [6, 6.07) is 12.2. The maximum absolute atomic E-state index is 12.8. The van der Waals surface area contributed by atoms with Gasteiger partial charge in [-0.1, -0.05) is 64.8 Å². The van der Waals surface area contributed by atoms with Crippen molar-refractivity contribution in [3.8, 4) is 5.75 Å². The Morgan fingerprint density at radius 2 is 1.57 bits per heavy atom. The summed E-state index contributed by atoms with van der Waals surface area (Å²) in [7, 11) is 0.141. The first-order valence-corrected chi connectivity index (χ1v) is 10.9. The summed E-state index contributed by atoms with van der Waals surface area (Å²) >= 11 is 0. The molecule has 2 rings (SSSR count). The van der Waals surface area contributed by atoms with Gasteiger partial charge in [-0.25, -0.2) is 0 Å². The molecule has 0 aliphatic rings. The summed E-state index contributed by atoms with van der Waals surface area (Å²) in [6.07, 6.45) is 3.47. The molecular formula is C24H34LiO2P. The van der Waals surface area contributed by atoms with E-state index in [2.05, 4.69) is 65.8 Å². The molecule has 0 fully saturated rings. The average molecular weight is 392 g/mol. The summed E-state index contributed by atoms with van der Waals surface area (Å²) in [4.78, 5) is 12.8. The van der Waals surface area contributed by atoms with Crippen LogP contribution in [0.25, 0.3) is 0 Å². The molecule has 0 bridgehead atoms. The van der Waals surface area contributed by atoms with Crippen molar-refractivity contribution in [2.45, 2.75) is 66.2 Å². The van der Waals surface area contributed by atoms with Gasteiger partial charge in [0.15, 0.2) is 5.52 Å². The minimum absolute atomic E-state index is 0. The van der Waals surface area contributed by atoms with Gasteiger partial charge in [0.25, 0.3) is 0 Å². The normalized spacial score (nSPS) is 11.5. The van der Waals surface area contributed by atoms with Crippen molar-refractivity contribution in [2.75, 3.05) is 6.61 Å². The molecular weight excluding hydrogens is 358 g/mol. The van der Waals surface area contributed by atoms with Gasteiger partial charge in [-0.05, 0) is 68.4 Å². The van der Waals surface area contributed by atoms with Gasteiger partial charge in [0.1, 0.15) is 5.75 Å². The van der Waals surface area contributed by atoms with Crippen molar-refractivity contribution in [2.24, 2.45) is 0 Å². The Hall–Kier alpha value is -1.06. The molecule has 0 spiro atoms. The molecule has 2 nitrogen and oxygen atoms in total. The predicted octanol–water partition coefficient (Wildman–Crippen LogP) is 5.67. The number of ether oxygens (including phenoxy) is 1. The van der Waals surface area contributed by atoms with Crippen molar-refractivity contribution in [1.29, 1.82) is 0 Å². The van der Waals surface area contributed by atoms with E-state index >= 15 is 0 Å². The second-order valence-electron chi connectivity index (χ2n) is 8.27. The molecule has 0 saturated heterocycles. The number of aryl methyl sites for hydroxylation is 2. The Morgan fingerprint density at radius 1 is 1.00 bits per heavy atom. The number of unbranched alkanes of at least 4 members (excludes halogenated alkanes) is 2. The second kappa shape index (κ2) is 11.2. The first-order chi connectivity index (χ1) is 12.7. The van der Waals surface area contributed by atoms with Gasteiger partial charge < -0.3 is 4.74 Å². The maximum atomic E-state index is 12.8. The fourth-order valence-corrected chi connectivity index (χ4v) is 4.13. The van der Waals surface area contributed by atoms with Gasteiger partial charge in [-0.15, -0.1) is 0 Å². The third-order valence-corrected chi connectivity index (χ3v) is 6.33. The molecule has 0 amide bonds. The number of benzene rings is 2. The molecule has 2 aromatic carbocycles. The first-order valence-electron chi connectivity index (χ1n) is 9.88. The number of hydrogen-bond donors (Lipinski definition) is 0. The zero-order valence-corrected chi connectivity index (χ0v) is 18.6. The van der Waals surface area contributed by atoms with Gasteiger partial charge in [-0.3, -0.25) is 4.79 Å². The molecule has 0 heterocycles. The summed E-state index contributed by atoms with van der Waals surface area (Å²) in [5.74, 6) is 0.914. The molecule has 0 aliphatic carbocycles. The average Bonchev–Trinajstić information content (AvgIpc) is 2.61. The number of carbonyl (C=O) groups is 1. The van der Waals surface area contributed by atoms with Crippen molar-refractivity contribution in [1.82, 2.24) is 0 Å². The molecule has 4 heteroatoms. The van der Waals surface area contributed by atoms with Gasteiger partial charge >= 0.3 is 18.9 Å². The van der Waals surface area contributed by atoms with E-state index in [9.17, 15) is 4.79 Å². The van der Waals surface area contributed by atoms with Gasteiger partial charge in [0.2, 0.25) is 0 Å². The molecule has 28 heavy (non-hydrogen) atoms. The van der Waals surface area contributed by atoms with Crippen LogP contribution in [0.1, 0.15) is 74.0 Å². The van der Waals surface area contributed by atoms with Gasteiger partial charge in [-0.2, -0.15) is 0 Å². The van der Waals surface area contributed by atoms with Crippen LogP contribution in [0.5, 0.6) is 5.75 Å².